The molecule has 1 aromatic rings. The van der Waals surface area contributed by atoms with Crippen molar-refractivity contribution < 1.29 is 18.8 Å². The third-order valence-electron chi connectivity index (χ3n) is 4.23. The molecule has 22 heavy (non-hydrogen) atoms. The predicted octanol–water partition coefficient (Wildman–Crippen LogP) is 3.37. The minimum atomic E-state index is -0.355. The summed E-state index contributed by atoms with van der Waals surface area (Å²) in [5.41, 5.74) is 0.931. The van der Waals surface area contributed by atoms with Crippen molar-refractivity contribution in [1.29, 1.82) is 0 Å². The van der Waals surface area contributed by atoms with Crippen LogP contribution in [-0.4, -0.2) is 31.2 Å². The molecule has 1 aliphatic rings. The van der Waals surface area contributed by atoms with E-state index in [2.05, 4.69) is 0 Å². The summed E-state index contributed by atoms with van der Waals surface area (Å²) in [6.45, 7) is 10.4. The van der Waals surface area contributed by atoms with Crippen molar-refractivity contribution in [3.8, 4) is 5.75 Å². The van der Waals surface area contributed by atoms with Gasteiger partial charge in [0.2, 0.25) is 0 Å². The van der Waals surface area contributed by atoms with Gasteiger partial charge in [-0.1, -0.05) is 12.1 Å². The predicted molar refractivity (Wildman–Crippen MR) is 87.3 cm³/mol. The molecule has 2 rings (SSSR count). The van der Waals surface area contributed by atoms with Crippen LogP contribution in [0.15, 0.2) is 30.3 Å². The van der Waals surface area contributed by atoms with Crippen LogP contribution in [0.1, 0.15) is 43.6 Å². The van der Waals surface area contributed by atoms with Crippen LogP contribution in [0.5, 0.6) is 5.75 Å². The zero-order valence-electron chi connectivity index (χ0n) is 13.9. The van der Waals surface area contributed by atoms with Crippen molar-refractivity contribution in [2.75, 3.05) is 6.61 Å². The molecule has 118 valence electrons. The Labute approximate surface area is 132 Å². The van der Waals surface area contributed by atoms with Crippen LogP contribution >= 0.6 is 0 Å². The van der Waals surface area contributed by atoms with Gasteiger partial charge in [0.05, 0.1) is 11.2 Å². The molecule has 0 amide bonds. The molecule has 0 bridgehead atoms. The Bertz CT molecular complexity index is 562. The van der Waals surface area contributed by atoms with E-state index in [0.29, 0.717) is 12.2 Å². The van der Waals surface area contributed by atoms with Crippen LogP contribution in [0, 0.1) is 6.92 Å². The molecule has 0 radical (unpaired) electrons. The molecule has 0 N–H and O–H groups in total. The first-order valence-electron chi connectivity index (χ1n) is 7.46. The van der Waals surface area contributed by atoms with E-state index in [-0.39, 0.29) is 18.3 Å². The van der Waals surface area contributed by atoms with E-state index in [4.69, 9.17) is 14.0 Å². The molecule has 0 saturated carbocycles. The zero-order valence-corrected chi connectivity index (χ0v) is 13.9. The molecule has 1 fully saturated rings. The van der Waals surface area contributed by atoms with Crippen LogP contribution in [0.3, 0.4) is 0 Å². The van der Waals surface area contributed by atoms with Crippen molar-refractivity contribution >= 4 is 13.4 Å². The molecule has 1 saturated heterocycles. The lowest BCUT2D eigenvalue weighted by Crippen LogP contribution is -2.41. The number of ether oxygens (including phenoxy) is 1. The van der Waals surface area contributed by atoms with E-state index in [1.54, 1.807) is 12.1 Å². The van der Waals surface area contributed by atoms with E-state index in [0.717, 1.165) is 17.6 Å². The minimum Gasteiger partial charge on any atom is -0.489 e. The van der Waals surface area contributed by atoms with Crippen molar-refractivity contribution in [1.82, 2.24) is 0 Å². The van der Waals surface area contributed by atoms with Gasteiger partial charge in [-0.15, -0.1) is 0 Å². The van der Waals surface area contributed by atoms with E-state index >= 15 is 0 Å². The summed E-state index contributed by atoms with van der Waals surface area (Å²) >= 11 is 0. The van der Waals surface area contributed by atoms with Gasteiger partial charge in [-0.25, -0.2) is 0 Å². The van der Waals surface area contributed by atoms with Gasteiger partial charge in [0.15, 0.2) is 0 Å². The summed E-state index contributed by atoms with van der Waals surface area (Å²) in [4.78, 5) is 10.7. The number of carbonyl (C=O) groups is 1. The second kappa shape index (κ2) is 6.27. The summed E-state index contributed by atoms with van der Waals surface area (Å²) in [6, 6.07) is 5.36. The van der Waals surface area contributed by atoms with Gasteiger partial charge in [0.25, 0.3) is 0 Å². The maximum Gasteiger partial charge on any atom is 0.486 e. The largest absolute Gasteiger partial charge is 0.489 e. The number of rotatable bonds is 5. The highest BCUT2D eigenvalue weighted by atomic mass is 16.7. The van der Waals surface area contributed by atoms with Crippen LogP contribution in [0.4, 0.5) is 0 Å². The van der Waals surface area contributed by atoms with Crippen molar-refractivity contribution in [2.45, 2.75) is 45.8 Å². The molecule has 1 aromatic carbocycles. The van der Waals surface area contributed by atoms with E-state index in [9.17, 15) is 4.79 Å². The Hall–Kier alpha value is -1.59. The number of aryl methyl sites for hydroxylation is 1. The summed E-state index contributed by atoms with van der Waals surface area (Å²) in [5, 5.41) is 0. The molecular weight excluding hydrogens is 279 g/mol. The Kier molecular flexibility index (Phi) is 4.78. The first kappa shape index (κ1) is 16.8. The van der Waals surface area contributed by atoms with E-state index in [1.165, 1.54) is 0 Å². The second-order valence-electron chi connectivity index (χ2n) is 6.51. The van der Waals surface area contributed by atoms with Crippen LogP contribution in [0.25, 0.3) is 0 Å². The van der Waals surface area contributed by atoms with Gasteiger partial charge >= 0.3 is 7.12 Å². The van der Waals surface area contributed by atoms with Gasteiger partial charge < -0.3 is 14.0 Å². The highest BCUT2D eigenvalue weighted by Gasteiger charge is 2.49. The van der Waals surface area contributed by atoms with Crippen LogP contribution < -0.4 is 4.74 Å². The first-order valence-corrected chi connectivity index (χ1v) is 7.46. The van der Waals surface area contributed by atoms with Gasteiger partial charge in [-0.2, -0.15) is 0 Å². The molecule has 0 atom stereocenters. The SMILES string of the molecule is Cc1cc(C=O)ccc1OC/C=C/B1OC(C)(C)C(C)(C)O1. The van der Waals surface area contributed by atoms with Crippen LogP contribution in [0.2, 0.25) is 0 Å². The van der Waals surface area contributed by atoms with Crippen LogP contribution in [-0.2, 0) is 9.31 Å². The second-order valence-corrected chi connectivity index (χ2v) is 6.51. The maximum absolute atomic E-state index is 10.7. The summed E-state index contributed by atoms with van der Waals surface area (Å²) in [5.74, 6) is 2.63. The van der Waals surface area contributed by atoms with E-state index < -0.39 is 0 Å². The lowest BCUT2D eigenvalue weighted by Gasteiger charge is -2.32. The molecule has 4 nitrogen and oxygen atoms in total. The number of aldehydes is 1. The lowest BCUT2D eigenvalue weighted by molar-refractivity contribution is 0.00578. The Morgan fingerprint density at radius 1 is 1.18 bits per heavy atom. The van der Waals surface area contributed by atoms with Gasteiger partial charge in [0.1, 0.15) is 18.6 Å². The van der Waals surface area contributed by atoms with E-state index in [1.807, 2.05) is 52.7 Å². The molecule has 0 spiro atoms. The Morgan fingerprint density at radius 2 is 1.82 bits per heavy atom. The number of hydrogen-bond acceptors (Lipinski definition) is 4. The fourth-order valence-corrected chi connectivity index (χ4v) is 2.18. The fourth-order valence-electron chi connectivity index (χ4n) is 2.18. The number of benzene rings is 1. The molecule has 1 aliphatic heterocycles. The average molecular weight is 302 g/mol. The monoisotopic (exact) mass is 302 g/mol. The highest BCUT2D eigenvalue weighted by molar-refractivity contribution is 6.51. The molecule has 5 heteroatoms. The fraction of sp³-hybridized carbons (Fsp3) is 0.471. The lowest BCUT2D eigenvalue weighted by atomic mass is 9.90. The normalized spacial score (nSPS) is 19.6. The van der Waals surface area contributed by atoms with Crippen molar-refractivity contribution in [2.24, 2.45) is 0 Å². The van der Waals surface area contributed by atoms with Gasteiger partial charge in [-0.05, 0) is 58.4 Å². The first-order chi connectivity index (χ1) is 10.2. The topological polar surface area (TPSA) is 44.8 Å². The standard InChI is InChI=1S/C17H23BO4/c1-13-11-14(12-19)7-8-15(13)20-10-6-9-18-21-16(2,3)17(4,5)22-18/h6-9,11-12H,10H2,1-5H3/b9-6+. The minimum absolute atomic E-state index is 0.329. The van der Waals surface area contributed by atoms with Crippen molar-refractivity contribution in [3.05, 3.63) is 41.4 Å². The number of carbonyl (C=O) groups excluding carboxylic acids is 1. The Balaban J connectivity index is 1.88. The summed E-state index contributed by atoms with van der Waals surface area (Å²) in [7, 11) is -0.355. The third-order valence-corrected chi connectivity index (χ3v) is 4.23. The third kappa shape index (κ3) is 3.59. The molecule has 1 heterocycles. The van der Waals surface area contributed by atoms with Crippen molar-refractivity contribution in [3.63, 3.8) is 0 Å². The maximum atomic E-state index is 10.7. The summed E-state index contributed by atoms with van der Waals surface area (Å²) in [6.07, 6.45) is 2.71. The van der Waals surface area contributed by atoms with Gasteiger partial charge in [-0.3, -0.25) is 4.79 Å². The van der Waals surface area contributed by atoms with Gasteiger partial charge in [0, 0.05) is 5.56 Å². The zero-order chi connectivity index (χ0) is 16.4. The smallest absolute Gasteiger partial charge is 0.486 e. The summed E-state index contributed by atoms with van der Waals surface area (Å²) < 4.78 is 17.4. The molecule has 0 aromatic heterocycles. The molecular formula is C17H23BO4. The quantitative estimate of drug-likeness (QED) is 0.618. The highest BCUT2D eigenvalue weighted by Crippen LogP contribution is 2.36. The number of hydrogen-bond donors (Lipinski definition) is 0. The Morgan fingerprint density at radius 3 is 2.36 bits per heavy atom. The molecule has 0 aliphatic carbocycles. The average Bonchev–Trinajstić information content (AvgIpc) is 2.64. The molecule has 0 unspecified atom stereocenters.